The van der Waals surface area contributed by atoms with Gasteiger partial charge in [0, 0.05) is 38.3 Å². The Labute approximate surface area is 101 Å². The number of hydrogen-bond acceptors (Lipinski definition) is 3. The molecule has 1 heterocycles. The van der Waals surface area contributed by atoms with E-state index in [9.17, 15) is 5.11 Å². The van der Waals surface area contributed by atoms with E-state index in [1.807, 2.05) is 37.5 Å². The summed E-state index contributed by atoms with van der Waals surface area (Å²) < 4.78 is 1.80. The molecular weight excluding hydrogens is 214 g/mol. The van der Waals surface area contributed by atoms with Crippen LogP contribution in [0.4, 0.5) is 0 Å². The molecule has 0 spiro atoms. The molecule has 4 heteroatoms. The van der Waals surface area contributed by atoms with Crippen LogP contribution in [0.3, 0.4) is 0 Å². The standard InChI is InChI=1S/C13H17N3O/c1-16-9-7-12(15-16)6-8-14-10-11-4-2-3-5-13(11)17/h2-5,7,9,14,17H,6,8,10H2,1H3. The summed E-state index contributed by atoms with van der Waals surface area (Å²) in [6.07, 6.45) is 2.84. The highest BCUT2D eigenvalue weighted by molar-refractivity contribution is 5.31. The van der Waals surface area contributed by atoms with Crippen LogP contribution in [-0.4, -0.2) is 21.4 Å². The Bertz CT molecular complexity index is 479. The summed E-state index contributed by atoms with van der Waals surface area (Å²) in [7, 11) is 1.92. The molecule has 0 saturated carbocycles. The molecule has 0 bridgehead atoms. The zero-order valence-corrected chi connectivity index (χ0v) is 9.93. The second-order valence-corrected chi connectivity index (χ2v) is 4.04. The zero-order chi connectivity index (χ0) is 12.1. The van der Waals surface area contributed by atoms with Crippen LogP contribution in [0.5, 0.6) is 5.75 Å². The molecule has 0 fully saturated rings. The van der Waals surface area contributed by atoms with E-state index in [-0.39, 0.29) is 0 Å². The minimum atomic E-state index is 0.345. The van der Waals surface area contributed by atoms with Crippen LogP contribution in [-0.2, 0) is 20.0 Å². The number of benzene rings is 1. The molecule has 2 rings (SSSR count). The molecule has 2 aromatic rings. The van der Waals surface area contributed by atoms with Gasteiger partial charge >= 0.3 is 0 Å². The third-order valence-electron chi connectivity index (χ3n) is 2.63. The predicted molar refractivity (Wildman–Crippen MR) is 66.7 cm³/mol. The van der Waals surface area contributed by atoms with Gasteiger partial charge in [0.1, 0.15) is 5.75 Å². The first-order chi connectivity index (χ1) is 8.25. The molecule has 0 radical (unpaired) electrons. The SMILES string of the molecule is Cn1ccc(CCNCc2ccccc2O)n1. The number of nitrogens with one attached hydrogen (secondary N) is 1. The van der Waals surface area contributed by atoms with Crippen molar-refractivity contribution in [2.75, 3.05) is 6.54 Å². The topological polar surface area (TPSA) is 50.1 Å². The van der Waals surface area contributed by atoms with Crippen LogP contribution in [0.15, 0.2) is 36.5 Å². The average Bonchev–Trinajstić information content (AvgIpc) is 2.73. The number of nitrogens with zero attached hydrogens (tertiary/aromatic N) is 2. The molecule has 0 amide bonds. The van der Waals surface area contributed by atoms with Crippen molar-refractivity contribution in [1.82, 2.24) is 15.1 Å². The van der Waals surface area contributed by atoms with E-state index >= 15 is 0 Å². The maximum Gasteiger partial charge on any atom is 0.120 e. The van der Waals surface area contributed by atoms with Crippen LogP contribution >= 0.6 is 0 Å². The third kappa shape index (κ3) is 3.32. The lowest BCUT2D eigenvalue weighted by atomic mass is 10.2. The molecule has 0 aliphatic rings. The summed E-state index contributed by atoms with van der Waals surface area (Å²) in [5.74, 6) is 0.345. The highest BCUT2D eigenvalue weighted by atomic mass is 16.3. The number of aromatic nitrogens is 2. The quantitative estimate of drug-likeness (QED) is 0.766. The van der Waals surface area contributed by atoms with E-state index in [4.69, 9.17) is 0 Å². The van der Waals surface area contributed by atoms with Crippen molar-refractivity contribution in [2.24, 2.45) is 7.05 Å². The Kier molecular flexibility index (Phi) is 3.77. The van der Waals surface area contributed by atoms with Gasteiger partial charge in [-0.1, -0.05) is 18.2 Å². The largest absolute Gasteiger partial charge is 0.508 e. The number of para-hydroxylation sites is 1. The molecule has 0 saturated heterocycles. The van der Waals surface area contributed by atoms with Gasteiger partial charge in [-0.25, -0.2) is 0 Å². The monoisotopic (exact) mass is 231 g/mol. The average molecular weight is 231 g/mol. The van der Waals surface area contributed by atoms with Gasteiger partial charge in [-0.2, -0.15) is 5.10 Å². The molecule has 2 N–H and O–H groups in total. The molecule has 0 atom stereocenters. The van der Waals surface area contributed by atoms with Gasteiger partial charge in [0.25, 0.3) is 0 Å². The second kappa shape index (κ2) is 5.50. The number of rotatable bonds is 5. The molecule has 4 nitrogen and oxygen atoms in total. The van der Waals surface area contributed by atoms with Gasteiger partial charge in [-0.05, 0) is 12.1 Å². The number of aryl methyl sites for hydroxylation is 1. The maximum atomic E-state index is 9.57. The smallest absolute Gasteiger partial charge is 0.120 e. The Morgan fingerprint density at radius 3 is 2.82 bits per heavy atom. The molecule has 0 aliphatic heterocycles. The Morgan fingerprint density at radius 2 is 2.12 bits per heavy atom. The van der Waals surface area contributed by atoms with Crippen LogP contribution in [0.25, 0.3) is 0 Å². The van der Waals surface area contributed by atoms with E-state index in [0.717, 1.165) is 24.2 Å². The minimum absolute atomic E-state index is 0.345. The Hall–Kier alpha value is -1.81. The highest BCUT2D eigenvalue weighted by Gasteiger charge is 1.99. The lowest BCUT2D eigenvalue weighted by molar-refractivity contribution is 0.464. The van der Waals surface area contributed by atoms with Crippen LogP contribution in [0.1, 0.15) is 11.3 Å². The first-order valence-corrected chi connectivity index (χ1v) is 5.72. The van der Waals surface area contributed by atoms with Crippen molar-refractivity contribution < 1.29 is 5.11 Å². The molecule has 1 aromatic heterocycles. The van der Waals surface area contributed by atoms with Gasteiger partial charge in [-0.3, -0.25) is 4.68 Å². The molecule has 0 unspecified atom stereocenters. The minimum Gasteiger partial charge on any atom is -0.508 e. The first-order valence-electron chi connectivity index (χ1n) is 5.72. The van der Waals surface area contributed by atoms with Crippen molar-refractivity contribution in [3.8, 4) is 5.75 Å². The summed E-state index contributed by atoms with van der Waals surface area (Å²) in [5, 5.41) is 17.2. The number of aromatic hydroxyl groups is 1. The summed E-state index contributed by atoms with van der Waals surface area (Å²) in [6, 6.07) is 9.39. The fraction of sp³-hybridized carbons (Fsp3) is 0.308. The van der Waals surface area contributed by atoms with Crippen molar-refractivity contribution >= 4 is 0 Å². The van der Waals surface area contributed by atoms with Crippen LogP contribution < -0.4 is 5.32 Å². The third-order valence-corrected chi connectivity index (χ3v) is 2.63. The Balaban J connectivity index is 1.75. The van der Waals surface area contributed by atoms with E-state index < -0.39 is 0 Å². The van der Waals surface area contributed by atoms with Gasteiger partial charge in [0.2, 0.25) is 0 Å². The molecule has 1 aromatic carbocycles. The summed E-state index contributed by atoms with van der Waals surface area (Å²) in [5.41, 5.74) is 2.01. The first kappa shape index (κ1) is 11.7. The summed E-state index contributed by atoms with van der Waals surface area (Å²) >= 11 is 0. The van der Waals surface area contributed by atoms with Gasteiger partial charge in [-0.15, -0.1) is 0 Å². The normalized spacial score (nSPS) is 10.6. The number of hydrogen-bond donors (Lipinski definition) is 2. The van der Waals surface area contributed by atoms with E-state index in [2.05, 4.69) is 10.4 Å². The lowest BCUT2D eigenvalue weighted by Gasteiger charge is -2.05. The van der Waals surface area contributed by atoms with Crippen molar-refractivity contribution in [3.05, 3.63) is 47.8 Å². The summed E-state index contributed by atoms with van der Waals surface area (Å²) in [6.45, 7) is 1.53. The van der Waals surface area contributed by atoms with Gasteiger partial charge in [0.15, 0.2) is 0 Å². The van der Waals surface area contributed by atoms with Gasteiger partial charge in [0.05, 0.1) is 5.69 Å². The van der Waals surface area contributed by atoms with E-state index in [0.29, 0.717) is 12.3 Å². The van der Waals surface area contributed by atoms with E-state index in [1.165, 1.54) is 0 Å². The van der Waals surface area contributed by atoms with E-state index in [1.54, 1.807) is 10.7 Å². The molecule has 17 heavy (non-hydrogen) atoms. The second-order valence-electron chi connectivity index (χ2n) is 4.04. The zero-order valence-electron chi connectivity index (χ0n) is 9.93. The lowest BCUT2D eigenvalue weighted by Crippen LogP contribution is -2.17. The van der Waals surface area contributed by atoms with Crippen molar-refractivity contribution in [3.63, 3.8) is 0 Å². The Morgan fingerprint density at radius 1 is 1.29 bits per heavy atom. The fourth-order valence-corrected chi connectivity index (χ4v) is 1.70. The molecular formula is C13H17N3O. The highest BCUT2D eigenvalue weighted by Crippen LogP contribution is 2.14. The molecule has 90 valence electrons. The van der Waals surface area contributed by atoms with Gasteiger partial charge < -0.3 is 10.4 Å². The summed E-state index contributed by atoms with van der Waals surface area (Å²) in [4.78, 5) is 0. The van der Waals surface area contributed by atoms with Crippen molar-refractivity contribution in [1.29, 1.82) is 0 Å². The van der Waals surface area contributed by atoms with Crippen LogP contribution in [0.2, 0.25) is 0 Å². The molecule has 0 aliphatic carbocycles. The van der Waals surface area contributed by atoms with Crippen molar-refractivity contribution in [2.45, 2.75) is 13.0 Å². The predicted octanol–water partition coefficient (Wildman–Crippen LogP) is 1.46. The fourth-order valence-electron chi connectivity index (χ4n) is 1.70. The number of phenolic OH excluding ortho intramolecular Hbond substituents is 1. The van der Waals surface area contributed by atoms with Crippen LogP contribution in [0, 0.1) is 0 Å². The maximum absolute atomic E-state index is 9.57. The number of phenols is 1.